The highest BCUT2D eigenvalue weighted by atomic mass is 16.1. The van der Waals surface area contributed by atoms with Gasteiger partial charge in [-0.3, -0.25) is 9.78 Å². The van der Waals surface area contributed by atoms with Crippen molar-refractivity contribution >= 4 is 17.3 Å². The fourth-order valence-electron chi connectivity index (χ4n) is 2.77. The lowest BCUT2D eigenvalue weighted by Crippen LogP contribution is -2.26. The Morgan fingerprint density at radius 3 is 3.09 bits per heavy atom. The van der Waals surface area contributed by atoms with Crippen molar-refractivity contribution in [1.82, 2.24) is 10.3 Å². The monoisotopic (exact) mass is 293 g/mol. The molecular formula is C18H19N3O. The molecule has 1 amide bonds. The molecule has 1 aromatic carbocycles. The van der Waals surface area contributed by atoms with Crippen LogP contribution in [0.25, 0.3) is 0 Å². The smallest absolute Gasteiger partial charge is 0.270 e. The molecule has 0 radical (unpaired) electrons. The summed E-state index contributed by atoms with van der Waals surface area (Å²) >= 11 is 0. The van der Waals surface area contributed by atoms with E-state index in [1.807, 2.05) is 12.1 Å². The van der Waals surface area contributed by atoms with Crippen LogP contribution in [0.2, 0.25) is 0 Å². The summed E-state index contributed by atoms with van der Waals surface area (Å²) in [5.41, 5.74) is 4.01. The fourth-order valence-corrected chi connectivity index (χ4v) is 2.77. The molecule has 0 unspecified atom stereocenters. The molecule has 0 fully saturated rings. The minimum atomic E-state index is -0.174. The molecular weight excluding hydrogens is 274 g/mol. The standard InChI is InChI=1S/C18H19N3O/c1-2-10-20-18(22)16-13-15(9-11-19-16)21-12-5-7-14-6-3-4-8-17(14)21/h2-4,6,8-9,11,13H,1,5,7,10,12H2,(H,20,22). The topological polar surface area (TPSA) is 45.2 Å². The van der Waals surface area contributed by atoms with E-state index in [1.54, 1.807) is 12.3 Å². The van der Waals surface area contributed by atoms with E-state index in [2.05, 4.69) is 46.0 Å². The number of aromatic nitrogens is 1. The molecule has 0 aliphatic carbocycles. The van der Waals surface area contributed by atoms with Crippen LogP contribution in [0, 0.1) is 0 Å². The van der Waals surface area contributed by atoms with E-state index in [0.29, 0.717) is 12.2 Å². The van der Waals surface area contributed by atoms with Crippen molar-refractivity contribution in [2.75, 3.05) is 18.0 Å². The van der Waals surface area contributed by atoms with Gasteiger partial charge in [0.05, 0.1) is 0 Å². The third-order valence-electron chi connectivity index (χ3n) is 3.81. The number of nitrogens with one attached hydrogen (secondary N) is 1. The normalized spacial score (nSPS) is 13.4. The molecule has 112 valence electrons. The van der Waals surface area contributed by atoms with Crippen molar-refractivity contribution in [2.24, 2.45) is 0 Å². The summed E-state index contributed by atoms with van der Waals surface area (Å²) in [6, 6.07) is 12.2. The third-order valence-corrected chi connectivity index (χ3v) is 3.81. The van der Waals surface area contributed by atoms with Gasteiger partial charge in [-0.2, -0.15) is 0 Å². The average Bonchev–Trinajstić information content (AvgIpc) is 2.59. The lowest BCUT2D eigenvalue weighted by atomic mass is 10.0. The Morgan fingerprint density at radius 1 is 1.36 bits per heavy atom. The minimum absolute atomic E-state index is 0.174. The number of rotatable bonds is 4. The number of carbonyl (C=O) groups excluding carboxylic acids is 1. The average molecular weight is 293 g/mol. The van der Waals surface area contributed by atoms with Crippen molar-refractivity contribution in [3.8, 4) is 0 Å². The zero-order chi connectivity index (χ0) is 15.4. The van der Waals surface area contributed by atoms with E-state index in [-0.39, 0.29) is 5.91 Å². The molecule has 1 aliphatic heterocycles. The van der Waals surface area contributed by atoms with Gasteiger partial charge >= 0.3 is 0 Å². The van der Waals surface area contributed by atoms with Crippen molar-refractivity contribution in [1.29, 1.82) is 0 Å². The Balaban J connectivity index is 1.90. The van der Waals surface area contributed by atoms with Crippen molar-refractivity contribution < 1.29 is 4.79 Å². The molecule has 0 saturated heterocycles. The zero-order valence-corrected chi connectivity index (χ0v) is 12.5. The summed E-state index contributed by atoms with van der Waals surface area (Å²) in [6.45, 7) is 4.99. The van der Waals surface area contributed by atoms with E-state index < -0.39 is 0 Å². The van der Waals surface area contributed by atoms with Crippen LogP contribution in [0.3, 0.4) is 0 Å². The summed E-state index contributed by atoms with van der Waals surface area (Å²) in [6.07, 6.45) is 5.56. The number of anilines is 2. The number of pyridine rings is 1. The van der Waals surface area contributed by atoms with E-state index in [9.17, 15) is 4.79 Å². The summed E-state index contributed by atoms with van der Waals surface area (Å²) in [7, 11) is 0. The van der Waals surface area contributed by atoms with E-state index >= 15 is 0 Å². The van der Waals surface area contributed by atoms with Gasteiger partial charge < -0.3 is 10.2 Å². The zero-order valence-electron chi connectivity index (χ0n) is 12.5. The number of carbonyl (C=O) groups is 1. The number of amides is 1. The van der Waals surface area contributed by atoms with Gasteiger partial charge in [0.15, 0.2) is 0 Å². The van der Waals surface area contributed by atoms with Crippen LogP contribution in [0.5, 0.6) is 0 Å². The number of aryl methyl sites for hydroxylation is 1. The van der Waals surface area contributed by atoms with Gasteiger partial charge in [0.1, 0.15) is 5.69 Å². The molecule has 1 N–H and O–H groups in total. The van der Waals surface area contributed by atoms with Gasteiger partial charge in [-0.05, 0) is 36.6 Å². The predicted molar refractivity (Wildman–Crippen MR) is 88.5 cm³/mol. The second-order valence-electron chi connectivity index (χ2n) is 5.28. The van der Waals surface area contributed by atoms with Crippen LogP contribution in [0.1, 0.15) is 22.5 Å². The second kappa shape index (κ2) is 6.43. The molecule has 4 heteroatoms. The molecule has 3 rings (SSSR count). The van der Waals surface area contributed by atoms with Gasteiger partial charge in [-0.15, -0.1) is 6.58 Å². The Labute approximate surface area is 130 Å². The van der Waals surface area contributed by atoms with Crippen LogP contribution in [0.4, 0.5) is 11.4 Å². The molecule has 0 bridgehead atoms. The van der Waals surface area contributed by atoms with E-state index in [4.69, 9.17) is 0 Å². The van der Waals surface area contributed by atoms with E-state index in [0.717, 1.165) is 25.1 Å². The Hall–Kier alpha value is -2.62. The number of benzene rings is 1. The molecule has 4 nitrogen and oxygen atoms in total. The van der Waals surface area contributed by atoms with Crippen LogP contribution >= 0.6 is 0 Å². The van der Waals surface area contributed by atoms with Crippen LogP contribution in [-0.2, 0) is 6.42 Å². The third kappa shape index (κ3) is 2.86. The minimum Gasteiger partial charge on any atom is -0.347 e. The number of para-hydroxylation sites is 1. The molecule has 22 heavy (non-hydrogen) atoms. The van der Waals surface area contributed by atoms with Gasteiger partial charge in [0.2, 0.25) is 0 Å². The first-order chi connectivity index (χ1) is 10.8. The highest BCUT2D eigenvalue weighted by molar-refractivity contribution is 5.93. The molecule has 2 heterocycles. The Kier molecular flexibility index (Phi) is 4.19. The lowest BCUT2D eigenvalue weighted by Gasteiger charge is -2.31. The molecule has 1 aromatic heterocycles. The van der Waals surface area contributed by atoms with Gasteiger partial charge in [0, 0.05) is 30.7 Å². The first kappa shape index (κ1) is 14.3. The summed E-state index contributed by atoms with van der Waals surface area (Å²) < 4.78 is 0. The van der Waals surface area contributed by atoms with Crippen LogP contribution in [0.15, 0.2) is 55.3 Å². The predicted octanol–water partition coefficient (Wildman–Crippen LogP) is 3.08. The Bertz CT molecular complexity index is 696. The maximum absolute atomic E-state index is 12.0. The highest BCUT2D eigenvalue weighted by Crippen LogP contribution is 2.33. The molecule has 0 atom stereocenters. The van der Waals surface area contributed by atoms with Crippen molar-refractivity contribution in [3.05, 3.63) is 66.5 Å². The number of nitrogens with zero attached hydrogens (tertiary/aromatic N) is 2. The SMILES string of the molecule is C=CCNC(=O)c1cc(N2CCCc3ccccc32)ccn1. The highest BCUT2D eigenvalue weighted by Gasteiger charge is 2.18. The molecule has 1 aliphatic rings. The van der Waals surface area contributed by atoms with Gasteiger partial charge in [-0.1, -0.05) is 24.3 Å². The second-order valence-corrected chi connectivity index (χ2v) is 5.28. The largest absolute Gasteiger partial charge is 0.347 e. The van der Waals surface area contributed by atoms with Gasteiger partial charge in [-0.25, -0.2) is 0 Å². The molecule has 0 spiro atoms. The number of hydrogen-bond acceptors (Lipinski definition) is 3. The Morgan fingerprint density at radius 2 is 2.23 bits per heavy atom. The maximum atomic E-state index is 12.0. The quantitative estimate of drug-likeness (QED) is 0.881. The van der Waals surface area contributed by atoms with Crippen molar-refractivity contribution in [2.45, 2.75) is 12.8 Å². The van der Waals surface area contributed by atoms with Crippen LogP contribution in [-0.4, -0.2) is 24.0 Å². The first-order valence-corrected chi connectivity index (χ1v) is 7.50. The van der Waals surface area contributed by atoms with Gasteiger partial charge in [0.25, 0.3) is 5.91 Å². The fraction of sp³-hybridized carbons (Fsp3) is 0.222. The first-order valence-electron chi connectivity index (χ1n) is 7.50. The number of fused-ring (bicyclic) bond motifs is 1. The van der Waals surface area contributed by atoms with Crippen LogP contribution < -0.4 is 10.2 Å². The summed E-state index contributed by atoms with van der Waals surface area (Å²) in [5, 5.41) is 2.76. The lowest BCUT2D eigenvalue weighted by molar-refractivity contribution is 0.0953. The summed E-state index contributed by atoms with van der Waals surface area (Å²) in [5.74, 6) is -0.174. The van der Waals surface area contributed by atoms with Crippen molar-refractivity contribution in [3.63, 3.8) is 0 Å². The maximum Gasteiger partial charge on any atom is 0.270 e. The molecule has 0 saturated carbocycles. The molecule has 2 aromatic rings. The van der Waals surface area contributed by atoms with E-state index in [1.165, 1.54) is 11.3 Å². The summed E-state index contributed by atoms with van der Waals surface area (Å²) in [4.78, 5) is 18.5. The number of hydrogen-bond donors (Lipinski definition) is 1.